The first-order chi connectivity index (χ1) is 16.2. The number of rotatable bonds is 10. The third-order valence-electron chi connectivity index (χ3n) is 5.98. The molecule has 0 heterocycles. The molecule has 0 spiro atoms. The van der Waals surface area contributed by atoms with Crippen molar-refractivity contribution in [2.75, 3.05) is 28.4 Å². The highest BCUT2D eigenvalue weighted by Crippen LogP contribution is 2.45. The summed E-state index contributed by atoms with van der Waals surface area (Å²) >= 11 is 0. The van der Waals surface area contributed by atoms with Crippen LogP contribution in [0.4, 0.5) is 0 Å². The largest absolute Gasteiger partial charge is 0.505 e. The fourth-order valence-corrected chi connectivity index (χ4v) is 4.50. The van der Waals surface area contributed by atoms with Crippen LogP contribution >= 0.6 is 7.82 Å². The molecule has 1 fully saturated rings. The third kappa shape index (κ3) is 6.08. The molecule has 2 aromatic rings. The number of carbonyl (C=O) groups excluding carboxylic acids is 1. The van der Waals surface area contributed by atoms with E-state index in [4.69, 9.17) is 33.6 Å². The van der Waals surface area contributed by atoms with Gasteiger partial charge < -0.3 is 33.6 Å². The Morgan fingerprint density at radius 3 is 2.24 bits per heavy atom. The summed E-state index contributed by atoms with van der Waals surface area (Å²) in [5.41, 5.74) is 1.14. The maximum absolute atomic E-state index is 13.8. The first-order valence-electron chi connectivity index (χ1n) is 10.6. The molecule has 3 atom stereocenters. The Morgan fingerprint density at radius 2 is 1.62 bits per heavy atom. The topological polar surface area (TPSA) is 130 Å². The number of benzene rings is 2. The van der Waals surface area contributed by atoms with Crippen molar-refractivity contribution in [1.82, 2.24) is 0 Å². The molecule has 0 aliphatic heterocycles. The maximum atomic E-state index is 13.8. The molecule has 0 saturated heterocycles. The summed E-state index contributed by atoms with van der Waals surface area (Å²) in [6, 6.07) is 10.0. The Balaban J connectivity index is 2.00. The van der Waals surface area contributed by atoms with Crippen molar-refractivity contribution in [3.05, 3.63) is 47.5 Å². The Kier molecular flexibility index (Phi) is 8.57. The Hall–Kier alpha value is -2.62. The van der Waals surface area contributed by atoms with Gasteiger partial charge in [0.05, 0.1) is 33.0 Å². The van der Waals surface area contributed by atoms with Gasteiger partial charge in [-0.2, -0.15) is 0 Å². The van der Waals surface area contributed by atoms with Gasteiger partial charge in [0, 0.05) is 13.0 Å². The number of hydrogen-bond acceptors (Lipinski definition) is 8. The average Bonchev–Trinajstić information content (AvgIpc) is 2.85. The van der Waals surface area contributed by atoms with Gasteiger partial charge in [0.2, 0.25) is 5.75 Å². The zero-order valence-corrected chi connectivity index (χ0v) is 20.3. The third-order valence-corrected chi connectivity index (χ3v) is 6.25. The van der Waals surface area contributed by atoms with Crippen molar-refractivity contribution in [2.45, 2.75) is 31.3 Å². The minimum atomic E-state index is -4.88. The van der Waals surface area contributed by atoms with Gasteiger partial charge in [-0.25, -0.2) is 4.57 Å². The minimum absolute atomic E-state index is 0.0117. The van der Waals surface area contributed by atoms with Gasteiger partial charge >= 0.3 is 7.82 Å². The summed E-state index contributed by atoms with van der Waals surface area (Å²) in [4.78, 5) is 36.6. The second-order valence-corrected chi connectivity index (χ2v) is 9.00. The van der Waals surface area contributed by atoms with Crippen LogP contribution in [0.3, 0.4) is 0 Å². The van der Waals surface area contributed by atoms with Crippen LogP contribution in [0.15, 0.2) is 36.4 Å². The number of ketones is 1. The second-order valence-electron chi connectivity index (χ2n) is 7.87. The molecular weight excluding hydrogens is 467 g/mol. The van der Waals surface area contributed by atoms with E-state index in [0.717, 1.165) is 12.0 Å². The lowest BCUT2D eigenvalue weighted by Gasteiger charge is -2.35. The Labute approximate surface area is 197 Å². The molecule has 11 heteroatoms. The van der Waals surface area contributed by atoms with Gasteiger partial charge in [0.1, 0.15) is 11.5 Å². The molecule has 186 valence electrons. The van der Waals surface area contributed by atoms with Crippen molar-refractivity contribution >= 4 is 13.6 Å². The number of carbonyl (C=O) groups is 1. The van der Waals surface area contributed by atoms with E-state index in [-0.39, 0.29) is 29.3 Å². The Morgan fingerprint density at radius 1 is 0.912 bits per heavy atom. The molecule has 3 rings (SSSR count). The smallest absolute Gasteiger partial charge is 0.497 e. The molecule has 3 unspecified atom stereocenters. The molecule has 2 N–H and O–H groups in total. The standard InChI is InChI=1S/C23H29O10P/c1-28-15-6-8-17(14-5-9-21(31-4)22(11-14)32-33-34(25,26)27)18(12-15)23(24)19-13-16(29-2)7-10-20(19)30-3/h5,7,9-11,13,15,17-18H,6,8,12H2,1-4H3,(H2,25,26,27). The number of phosphoric acid groups is 1. The highest BCUT2D eigenvalue weighted by Gasteiger charge is 2.38. The minimum Gasteiger partial charge on any atom is -0.497 e. The lowest BCUT2D eigenvalue weighted by Crippen LogP contribution is -2.33. The molecule has 0 aromatic heterocycles. The Bertz CT molecular complexity index is 1050. The van der Waals surface area contributed by atoms with E-state index < -0.39 is 13.7 Å². The van der Waals surface area contributed by atoms with E-state index in [1.54, 1.807) is 43.5 Å². The fraction of sp³-hybridized carbons (Fsp3) is 0.435. The number of ether oxygens (including phenoxy) is 4. The predicted molar refractivity (Wildman–Crippen MR) is 122 cm³/mol. The summed E-state index contributed by atoms with van der Waals surface area (Å²) in [5, 5.41) is 0. The monoisotopic (exact) mass is 496 g/mol. The van der Waals surface area contributed by atoms with Crippen LogP contribution in [0.25, 0.3) is 0 Å². The van der Waals surface area contributed by atoms with Gasteiger partial charge in [-0.3, -0.25) is 4.79 Å². The molecule has 2 aromatic carbocycles. The fourth-order valence-electron chi connectivity index (χ4n) is 4.32. The summed E-state index contributed by atoms with van der Waals surface area (Å²) < 4.78 is 36.8. The first-order valence-corrected chi connectivity index (χ1v) is 12.1. The lowest BCUT2D eigenvalue weighted by molar-refractivity contribution is -0.124. The van der Waals surface area contributed by atoms with Crippen LogP contribution in [-0.4, -0.2) is 50.1 Å². The van der Waals surface area contributed by atoms with E-state index in [1.807, 2.05) is 0 Å². The SMILES string of the molecule is COc1ccc(OC)c(C(=O)C2CC(OC)CCC2c2ccc(OC)c(OOP(=O)(O)O)c2)c1. The van der Waals surface area contributed by atoms with Crippen LogP contribution in [0.1, 0.15) is 41.1 Å². The molecule has 10 nitrogen and oxygen atoms in total. The molecule has 0 radical (unpaired) electrons. The molecule has 1 saturated carbocycles. The molecule has 0 amide bonds. The second kappa shape index (κ2) is 11.2. The summed E-state index contributed by atoms with van der Waals surface area (Å²) in [7, 11) is 1.17. The average molecular weight is 496 g/mol. The summed E-state index contributed by atoms with van der Waals surface area (Å²) in [5.74, 6) is 0.393. The number of Topliss-reactive ketones (excluding diaryl/α,β-unsaturated/α-hetero) is 1. The summed E-state index contributed by atoms with van der Waals surface area (Å²) in [6.07, 6.45) is 1.78. The molecule has 1 aliphatic rings. The van der Waals surface area contributed by atoms with Crippen molar-refractivity contribution in [2.24, 2.45) is 5.92 Å². The maximum Gasteiger partial charge on any atom is 0.505 e. The predicted octanol–water partition coefficient (Wildman–Crippen LogP) is 3.90. The van der Waals surface area contributed by atoms with Gasteiger partial charge in [0.15, 0.2) is 11.5 Å². The van der Waals surface area contributed by atoms with Crippen LogP contribution in [0.2, 0.25) is 0 Å². The molecule has 34 heavy (non-hydrogen) atoms. The van der Waals surface area contributed by atoms with Gasteiger partial charge in [-0.15, -0.1) is 0 Å². The zero-order chi connectivity index (χ0) is 24.9. The number of hydrogen-bond donors (Lipinski definition) is 2. The van der Waals surface area contributed by atoms with E-state index in [9.17, 15) is 9.36 Å². The van der Waals surface area contributed by atoms with E-state index >= 15 is 0 Å². The molecule has 1 aliphatic carbocycles. The highest BCUT2D eigenvalue weighted by atomic mass is 31.2. The van der Waals surface area contributed by atoms with E-state index in [2.05, 4.69) is 4.67 Å². The van der Waals surface area contributed by atoms with Gasteiger partial charge in [-0.05, 0) is 61.1 Å². The quantitative estimate of drug-likeness (QED) is 0.216. The van der Waals surface area contributed by atoms with Crippen molar-refractivity contribution in [3.8, 4) is 23.0 Å². The normalized spacial score (nSPS) is 20.5. The highest BCUT2D eigenvalue weighted by molar-refractivity contribution is 7.46. The zero-order valence-electron chi connectivity index (χ0n) is 19.4. The molecule has 0 bridgehead atoms. The lowest BCUT2D eigenvalue weighted by atomic mass is 9.71. The van der Waals surface area contributed by atoms with Crippen LogP contribution < -0.4 is 19.1 Å². The van der Waals surface area contributed by atoms with Crippen molar-refractivity contribution in [3.63, 3.8) is 0 Å². The van der Waals surface area contributed by atoms with Crippen molar-refractivity contribution < 1.29 is 47.7 Å². The van der Waals surface area contributed by atoms with Crippen LogP contribution in [0, 0.1) is 5.92 Å². The first kappa shape index (κ1) is 26.0. The van der Waals surface area contributed by atoms with Crippen LogP contribution in [-0.2, 0) is 14.0 Å². The molecular formula is C23H29O10P. The number of methoxy groups -OCH3 is 4. The van der Waals surface area contributed by atoms with Crippen molar-refractivity contribution in [1.29, 1.82) is 0 Å². The summed E-state index contributed by atoms with van der Waals surface area (Å²) in [6.45, 7) is 0. The van der Waals surface area contributed by atoms with Gasteiger partial charge in [0.25, 0.3) is 0 Å². The van der Waals surface area contributed by atoms with E-state index in [0.29, 0.717) is 29.9 Å². The van der Waals surface area contributed by atoms with E-state index in [1.165, 1.54) is 21.3 Å². The van der Waals surface area contributed by atoms with Gasteiger partial charge in [-0.1, -0.05) is 10.7 Å². The van der Waals surface area contributed by atoms with Crippen LogP contribution in [0.5, 0.6) is 23.0 Å².